The number of methoxy groups -OCH3 is 1. The Morgan fingerprint density at radius 2 is 1.76 bits per heavy atom. The van der Waals surface area contributed by atoms with Gasteiger partial charge in [-0.2, -0.15) is 0 Å². The van der Waals surface area contributed by atoms with Crippen LogP contribution < -0.4 is 0 Å². The Morgan fingerprint density at radius 3 is 2.24 bits per heavy atom. The molecule has 0 aromatic heterocycles. The monoisotopic (exact) mass is 290 g/mol. The molecule has 1 aliphatic carbocycles. The summed E-state index contributed by atoms with van der Waals surface area (Å²) in [6.07, 6.45) is 3.76. The maximum absolute atomic E-state index is 12.1. The van der Waals surface area contributed by atoms with Crippen LogP contribution >= 0.6 is 0 Å². The number of rotatable bonds is 4. The van der Waals surface area contributed by atoms with Crippen molar-refractivity contribution in [1.29, 1.82) is 0 Å². The quantitative estimate of drug-likeness (QED) is 0.863. The molecule has 0 radical (unpaired) electrons. The summed E-state index contributed by atoms with van der Waals surface area (Å²) in [7, 11) is 1.35. The van der Waals surface area contributed by atoms with E-state index in [-0.39, 0.29) is 11.8 Å². The molecule has 21 heavy (non-hydrogen) atoms. The van der Waals surface area contributed by atoms with Crippen molar-refractivity contribution >= 4 is 5.97 Å². The standard InChI is InChI=1S/C18H26O3/c1-13(2)18(20,17(19)21-3)16-11-9-15(10-12-16)14-7-5-4-6-8-14/h4-8,13,15-16,20H,9-12H2,1-3H3. The molecule has 0 saturated heterocycles. The maximum atomic E-state index is 12.1. The van der Waals surface area contributed by atoms with Crippen molar-refractivity contribution in [2.75, 3.05) is 7.11 Å². The van der Waals surface area contributed by atoms with E-state index in [9.17, 15) is 9.90 Å². The SMILES string of the molecule is COC(=O)C(O)(C(C)C)C1CCC(c2ccccc2)CC1. The molecule has 3 heteroatoms. The van der Waals surface area contributed by atoms with Crippen LogP contribution in [-0.4, -0.2) is 23.8 Å². The summed E-state index contributed by atoms with van der Waals surface area (Å²) in [4.78, 5) is 12.1. The molecule has 0 heterocycles. The lowest BCUT2D eigenvalue weighted by Crippen LogP contribution is -2.52. The number of aliphatic hydroxyl groups is 1. The van der Waals surface area contributed by atoms with E-state index in [1.165, 1.54) is 12.7 Å². The fraction of sp³-hybridized carbons (Fsp3) is 0.611. The summed E-state index contributed by atoms with van der Waals surface area (Å²) in [5.74, 6) is -0.0923. The van der Waals surface area contributed by atoms with Crippen molar-refractivity contribution in [2.45, 2.75) is 51.0 Å². The third-order valence-electron chi connectivity index (χ3n) is 5.01. The van der Waals surface area contributed by atoms with Crippen LogP contribution in [0.25, 0.3) is 0 Å². The number of carbonyl (C=O) groups excluding carboxylic acids is 1. The smallest absolute Gasteiger partial charge is 0.338 e. The number of benzene rings is 1. The predicted octanol–water partition coefficient (Wildman–Crippen LogP) is 3.52. The van der Waals surface area contributed by atoms with E-state index in [2.05, 4.69) is 24.3 Å². The van der Waals surface area contributed by atoms with Crippen molar-refractivity contribution < 1.29 is 14.6 Å². The average molecular weight is 290 g/mol. The second kappa shape index (κ2) is 6.61. The summed E-state index contributed by atoms with van der Waals surface area (Å²) in [5, 5.41) is 10.9. The molecule has 1 saturated carbocycles. The highest BCUT2D eigenvalue weighted by molar-refractivity contribution is 5.80. The molecule has 1 unspecified atom stereocenters. The van der Waals surface area contributed by atoms with Crippen molar-refractivity contribution in [1.82, 2.24) is 0 Å². The Bertz CT molecular complexity index is 461. The molecule has 0 aliphatic heterocycles. The van der Waals surface area contributed by atoms with Crippen LogP contribution in [-0.2, 0) is 9.53 Å². The number of hydrogen-bond acceptors (Lipinski definition) is 3. The van der Waals surface area contributed by atoms with Crippen LogP contribution in [0.4, 0.5) is 0 Å². The minimum atomic E-state index is -1.35. The van der Waals surface area contributed by atoms with E-state index >= 15 is 0 Å². The lowest BCUT2D eigenvalue weighted by Gasteiger charge is -2.40. The van der Waals surface area contributed by atoms with E-state index in [0.717, 1.165) is 25.7 Å². The molecule has 1 aromatic carbocycles. The predicted molar refractivity (Wildman–Crippen MR) is 82.9 cm³/mol. The van der Waals surface area contributed by atoms with Crippen LogP contribution in [0, 0.1) is 11.8 Å². The Hall–Kier alpha value is -1.35. The van der Waals surface area contributed by atoms with Gasteiger partial charge in [-0.3, -0.25) is 0 Å². The summed E-state index contributed by atoms with van der Waals surface area (Å²) in [6, 6.07) is 10.5. The number of carbonyl (C=O) groups is 1. The van der Waals surface area contributed by atoms with Gasteiger partial charge in [0.2, 0.25) is 0 Å². The first-order chi connectivity index (χ1) is 10.00. The molecule has 1 atom stereocenters. The van der Waals surface area contributed by atoms with Crippen LogP contribution in [0.15, 0.2) is 30.3 Å². The van der Waals surface area contributed by atoms with E-state index in [0.29, 0.717) is 5.92 Å². The van der Waals surface area contributed by atoms with Gasteiger partial charge in [-0.25, -0.2) is 4.79 Å². The highest BCUT2D eigenvalue weighted by Gasteiger charge is 2.48. The van der Waals surface area contributed by atoms with E-state index < -0.39 is 11.6 Å². The minimum absolute atomic E-state index is 0.00934. The summed E-state index contributed by atoms with van der Waals surface area (Å²) >= 11 is 0. The largest absolute Gasteiger partial charge is 0.467 e. The molecule has 1 fully saturated rings. The minimum Gasteiger partial charge on any atom is -0.467 e. The molecule has 0 spiro atoms. The van der Waals surface area contributed by atoms with Gasteiger partial charge in [0.15, 0.2) is 5.60 Å². The molecular weight excluding hydrogens is 264 g/mol. The first-order valence-electron chi connectivity index (χ1n) is 7.85. The Kier molecular flexibility index (Phi) is 5.04. The lowest BCUT2D eigenvalue weighted by atomic mass is 9.68. The fourth-order valence-electron chi connectivity index (χ4n) is 3.63. The van der Waals surface area contributed by atoms with Crippen molar-refractivity contribution in [3.8, 4) is 0 Å². The molecule has 1 N–H and O–H groups in total. The van der Waals surface area contributed by atoms with Gasteiger partial charge in [-0.15, -0.1) is 0 Å². The van der Waals surface area contributed by atoms with E-state index in [1.807, 2.05) is 19.9 Å². The van der Waals surface area contributed by atoms with Crippen LogP contribution in [0.5, 0.6) is 0 Å². The molecular formula is C18H26O3. The third kappa shape index (κ3) is 3.13. The van der Waals surface area contributed by atoms with Crippen molar-refractivity contribution in [3.05, 3.63) is 35.9 Å². The first-order valence-corrected chi connectivity index (χ1v) is 7.85. The second-order valence-electron chi connectivity index (χ2n) is 6.43. The zero-order valence-electron chi connectivity index (χ0n) is 13.2. The molecule has 116 valence electrons. The summed E-state index contributed by atoms with van der Waals surface area (Å²) in [5.41, 5.74) is 0.0123. The van der Waals surface area contributed by atoms with Crippen molar-refractivity contribution in [2.24, 2.45) is 11.8 Å². The van der Waals surface area contributed by atoms with E-state index in [1.54, 1.807) is 0 Å². The molecule has 2 rings (SSSR count). The second-order valence-corrected chi connectivity index (χ2v) is 6.43. The van der Waals surface area contributed by atoms with Gasteiger partial charge < -0.3 is 9.84 Å². The fourth-order valence-corrected chi connectivity index (χ4v) is 3.63. The summed E-state index contributed by atoms with van der Waals surface area (Å²) in [6.45, 7) is 3.78. The van der Waals surface area contributed by atoms with Gasteiger partial charge in [0.25, 0.3) is 0 Å². The van der Waals surface area contributed by atoms with Gasteiger partial charge in [0, 0.05) is 0 Å². The van der Waals surface area contributed by atoms with Crippen LogP contribution in [0.1, 0.15) is 51.0 Å². The Morgan fingerprint density at radius 1 is 1.19 bits per heavy atom. The van der Waals surface area contributed by atoms with Crippen molar-refractivity contribution in [3.63, 3.8) is 0 Å². The van der Waals surface area contributed by atoms with Crippen LogP contribution in [0.3, 0.4) is 0 Å². The molecule has 0 amide bonds. The first kappa shape index (κ1) is 16.0. The molecule has 1 aromatic rings. The average Bonchev–Trinajstić information content (AvgIpc) is 2.54. The normalized spacial score (nSPS) is 25.4. The van der Waals surface area contributed by atoms with Crippen LogP contribution in [0.2, 0.25) is 0 Å². The molecule has 0 bridgehead atoms. The maximum Gasteiger partial charge on any atom is 0.338 e. The Labute approximate surface area is 127 Å². The van der Waals surface area contributed by atoms with Gasteiger partial charge in [0.05, 0.1) is 7.11 Å². The zero-order chi connectivity index (χ0) is 15.5. The van der Waals surface area contributed by atoms with Gasteiger partial charge >= 0.3 is 5.97 Å². The highest BCUT2D eigenvalue weighted by atomic mass is 16.5. The Balaban J connectivity index is 2.07. The van der Waals surface area contributed by atoms with Gasteiger partial charge in [-0.1, -0.05) is 44.2 Å². The molecule has 3 nitrogen and oxygen atoms in total. The summed E-state index contributed by atoms with van der Waals surface area (Å²) < 4.78 is 4.85. The number of esters is 1. The number of ether oxygens (including phenoxy) is 1. The molecule has 1 aliphatic rings. The van der Waals surface area contributed by atoms with Gasteiger partial charge in [-0.05, 0) is 49.0 Å². The van der Waals surface area contributed by atoms with E-state index in [4.69, 9.17) is 4.74 Å². The highest BCUT2D eigenvalue weighted by Crippen LogP contribution is 2.43. The third-order valence-corrected chi connectivity index (χ3v) is 5.01. The zero-order valence-corrected chi connectivity index (χ0v) is 13.2. The number of hydrogen-bond donors (Lipinski definition) is 1. The topological polar surface area (TPSA) is 46.5 Å². The van der Waals surface area contributed by atoms with Gasteiger partial charge in [0.1, 0.15) is 0 Å². The lowest BCUT2D eigenvalue weighted by molar-refractivity contribution is -0.177.